The van der Waals surface area contributed by atoms with Gasteiger partial charge in [-0.1, -0.05) is 78.0 Å². The van der Waals surface area contributed by atoms with Crippen LogP contribution in [0.15, 0.2) is 76.8 Å². The molecule has 1 amide bonds. The molecule has 0 aliphatic carbocycles. The number of amides is 1. The van der Waals surface area contributed by atoms with Crippen LogP contribution in [0.25, 0.3) is 6.08 Å². The summed E-state index contributed by atoms with van der Waals surface area (Å²) in [7, 11) is 0. The predicted molar refractivity (Wildman–Crippen MR) is 110 cm³/mol. The zero-order valence-electron chi connectivity index (χ0n) is 13.0. The van der Waals surface area contributed by atoms with Crippen molar-refractivity contribution in [2.45, 2.75) is 0 Å². The quantitative estimate of drug-likeness (QED) is 0.416. The van der Waals surface area contributed by atoms with Crippen LogP contribution < -0.4 is 0 Å². The molecule has 0 atom stereocenters. The number of halogens is 1. The largest absolute Gasteiger partial charge is 0.286 e. The van der Waals surface area contributed by atoms with Crippen molar-refractivity contribution < 1.29 is 4.79 Å². The second-order valence-corrected chi connectivity index (χ2v) is 7.19. The molecule has 1 aliphatic rings. The number of hydrogen-bond donors (Lipinski definition) is 0. The molecule has 3 rings (SSSR count). The first-order valence-electron chi connectivity index (χ1n) is 7.43. The Bertz CT molecular complexity index is 874. The van der Waals surface area contributed by atoms with Crippen LogP contribution in [0, 0.1) is 0 Å². The van der Waals surface area contributed by atoms with E-state index in [0.717, 1.165) is 11.1 Å². The Morgan fingerprint density at radius 2 is 1.76 bits per heavy atom. The number of carbonyl (C=O) groups is 1. The minimum Gasteiger partial charge on any atom is -0.266 e. The second-order valence-electron chi connectivity index (χ2n) is 5.08. The van der Waals surface area contributed by atoms with Crippen LogP contribution in [-0.2, 0) is 4.79 Å². The lowest BCUT2D eigenvalue weighted by Gasteiger charge is -2.05. The highest BCUT2D eigenvalue weighted by Gasteiger charge is 2.31. The van der Waals surface area contributed by atoms with Crippen LogP contribution in [0.5, 0.6) is 0 Å². The van der Waals surface area contributed by atoms with Crippen molar-refractivity contribution in [3.8, 4) is 0 Å². The van der Waals surface area contributed by atoms with Crippen LogP contribution in [0.4, 0.5) is 0 Å². The molecule has 1 heterocycles. The van der Waals surface area contributed by atoms with Gasteiger partial charge < -0.3 is 0 Å². The number of carbonyl (C=O) groups excluding carboxylic acids is 1. The van der Waals surface area contributed by atoms with Crippen molar-refractivity contribution in [1.29, 1.82) is 0 Å². The van der Waals surface area contributed by atoms with Gasteiger partial charge in [-0.25, -0.2) is 0 Å². The maximum atomic E-state index is 12.4. The van der Waals surface area contributed by atoms with Crippen molar-refractivity contribution in [2.75, 3.05) is 0 Å². The molecule has 0 bridgehead atoms. The molecule has 6 heteroatoms. The van der Waals surface area contributed by atoms with Crippen molar-refractivity contribution in [3.05, 3.63) is 87.8 Å². The van der Waals surface area contributed by atoms with Gasteiger partial charge in [-0.3, -0.25) is 4.79 Å². The van der Waals surface area contributed by atoms with Crippen molar-refractivity contribution in [1.82, 2.24) is 5.01 Å². The van der Waals surface area contributed by atoms with Crippen LogP contribution in [-0.4, -0.2) is 21.5 Å². The minimum atomic E-state index is -0.224. The van der Waals surface area contributed by atoms with Gasteiger partial charge in [0.15, 0.2) is 4.32 Å². The summed E-state index contributed by atoms with van der Waals surface area (Å²) in [6.07, 6.45) is 7.11. The van der Waals surface area contributed by atoms with Gasteiger partial charge in [0.2, 0.25) is 0 Å². The number of benzene rings is 2. The highest BCUT2D eigenvalue weighted by Crippen LogP contribution is 2.31. The van der Waals surface area contributed by atoms with E-state index in [1.54, 1.807) is 24.4 Å². The van der Waals surface area contributed by atoms with Crippen LogP contribution in [0.2, 0.25) is 5.02 Å². The Balaban J connectivity index is 1.70. The third kappa shape index (κ3) is 4.66. The summed E-state index contributed by atoms with van der Waals surface area (Å²) in [5.41, 5.74) is 1.90. The predicted octanol–water partition coefficient (Wildman–Crippen LogP) is 5.13. The maximum absolute atomic E-state index is 12.4. The van der Waals surface area contributed by atoms with E-state index in [-0.39, 0.29) is 5.91 Å². The standard InChI is InChI=1S/C19H13ClN2OS2/c20-16-11-9-15(10-12-16)13-21-22-18(23)17(25-19(22)24)8-4-7-14-5-2-1-3-6-14/h1-13H/b7-4-,17-8+,21-13+. The summed E-state index contributed by atoms with van der Waals surface area (Å²) in [5, 5.41) is 6.07. The van der Waals surface area contributed by atoms with Crippen molar-refractivity contribution in [3.63, 3.8) is 0 Å². The van der Waals surface area contributed by atoms with Gasteiger partial charge in [0.25, 0.3) is 5.91 Å². The Morgan fingerprint density at radius 1 is 1.04 bits per heavy atom. The van der Waals surface area contributed by atoms with E-state index in [0.29, 0.717) is 14.2 Å². The van der Waals surface area contributed by atoms with Crippen LogP contribution in [0.1, 0.15) is 11.1 Å². The summed E-state index contributed by atoms with van der Waals surface area (Å²) in [4.78, 5) is 13.0. The minimum absolute atomic E-state index is 0.224. The topological polar surface area (TPSA) is 32.7 Å². The summed E-state index contributed by atoms with van der Waals surface area (Å²) in [5.74, 6) is -0.224. The summed E-state index contributed by atoms with van der Waals surface area (Å²) >= 11 is 12.3. The molecule has 0 N–H and O–H groups in total. The number of nitrogens with zero attached hydrogens (tertiary/aromatic N) is 2. The van der Waals surface area contributed by atoms with E-state index in [4.69, 9.17) is 23.8 Å². The molecule has 1 fully saturated rings. The third-order valence-electron chi connectivity index (χ3n) is 3.30. The summed E-state index contributed by atoms with van der Waals surface area (Å²) < 4.78 is 0.412. The van der Waals surface area contributed by atoms with Gasteiger partial charge in [-0.05, 0) is 41.6 Å². The smallest absolute Gasteiger partial charge is 0.266 e. The molecule has 0 aromatic heterocycles. The van der Waals surface area contributed by atoms with Gasteiger partial charge in [0.1, 0.15) is 0 Å². The molecule has 1 saturated heterocycles. The maximum Gasteiger partial charge on any atom is 0.286 e. The molecule has 2 aromatic carbocycles. The average Bonchev–Trinajstić information content (AvgIpc) is 2.89. The van der Waals surface area contributed by atoms with Crippen molar-refractivity contribution in [2.24, 2.45) is 5.10 Å². The summed E-state index contributed by atoms with van der Waals surface area (Å²) in [6.45, 7) is 0. The van der Waals surface area contributed by atoms with Gasteiger partial charge in [-0.2, -0.15) is 10.1 Å². The highest BCUT2D eigenvalue weighted by molar-refractivity contribution is 8.26. The van der Waals surface area contributed by atoms with Crippen LogP contribution >= 0.6 is 35.6 Å². The fourth-order valence-electron chi connectivity index (χ4n) is 2.06. The SMILES string of the molecule is O=C1/C(=C\C=C/c2ccccc2)SC(=S)N1/N=C/c1ccc(Cl)cc1. The Labute approximate surface area is 160 Å². The third-order valence-corrected chi connectivity index (χ3v) is 4.85. The number of hydrazone groups is 1. The molecule has 0 spiro atoms. The Hall–Kier alpha value is -2.21. The highest BCUT2D eigenvalue weighted by atomic mass is 35.5. The molecule has 0 unspecified atom stereocenters. The second kappa shape index (κ2) is 8.25. The lowest BCUT2D eigenvalue weighted by molar-refractivity contribution is -0.122. The first-order valence-corrected chi connectivity index (χ1v) is 9.03. The van der Waals surface area contributed by atoms with Gasteiger partial charge >= 0.3 is 0 Å². The monoisotopic (exact) mass is 384 g/mol. The molecule has 3 nitrogen and oxygen atoms in total. The van der Waals surface area contributed by atoms with Gasteiger partial charge in [-0.15, -0.1) is 0 Å². The molecule has 2 aromatic rings. The molecular weight excluding hydrogens is 372 g/mol. The first kappa shape index (κ1) is 17.6. The molecule has 0 saturated carbocycles. The summed E-state index contributed by atoms with van der Waals surface area (Å²) in [6, 6.07) is 17.0. The number of hydrogen-bond acceptors (Lipinski definition) is 4. The van der Waals surface area contributed by atoms with E-state index in [2.05, 4.69) is 5.10 Å². The lowest BCUT2D eigenvalue weighted by atomic mass is 10.2. The molecular formula is C19H13ClN2OS2. The normalized spacial score (nSPS) is 16.7. The Morgan fingerprint density at radius 3 is 2.48 bits per heavy atom. The van der Waals surface area contributed by atoms with Gasteiger partial charge in [0.05, 0.1) is 11.1 Å². The lowest BCUT2D eigenvalue weighted by Crippen LogP contribution is -2.22. The van der Waals surface area contributed by atoms with E-state index >= 15 is 0 Å². The average molecular weight is 385 g/mol. The zero-order valence-corrected chi connectivity index (χ0v) is 15.4. The number of thioether (sulfide) groups is 1. The van der Waals surface area contributed by atoms with Crippen LogP contribution in [0.3, 0.4) is 0 Å². The van der Waals surface area contributed by atoms with E-state index in [9.17, 15) is 4.79 Å². The number of thiocarbonyl (C=S) groups is 1. The number of allylic oxidation sites excluding steroid dienone is 2. The fraction of sp³-hybridized carbons (Fsp3) is 0. The zero-order chi connectivity index (χ0) is 17.6. The number of rotatable bonds is 4. The van der Waals surface area contributed by atoms with Crippen molar-refractivity contribution >= 4 is 58.1 Å². The molecule has 0 radical (unpaired) electrons. The first-order chi connectivity index (χ1) is 12.1. The van der Waals surface area contributed by atoms with E-state index in [1.165, 1.54) is 16.8 Å². The van der Waals surface area contributed by atoms with E-state index in [1.807, 2.05) is 54.6 Å². The Kier molecular flexibility index (Phi) is 5.81. The fourth-order valence-corrected chi connectivity index (χ4v) is 3.31. The molecule has 124 valence electrons. The van der Waals surface area contributed by atoms with E-state index < -0.39 is 0 Å². The molecule has 1 aliphatic heterocycles. The molecule has 25 heavy (non-hydrogen) atoms. The van der Waals surface area contributed by atoms with Gasteiger partial charge in [0, 0.05) is 5.02 Å².